The molecule has 1 amide bonds. The summed E-state index contributed by atoms with van der Waals surface area (Å²) in [5.41, 5.74) is 0.899. The maximum atomic E-state index is 11.9. The lowest BCUT2D eigenvalue weighted by molar-refractivity contribution is -0.119. The standard InChI is InChI=1S/C25H44N2O2/c1-3-4-5-6-7-8-9-10-11-12-13-14-15-16-20-26-25(28)22-27-23-18-17-19-24(21-23)29-2/h17-19,21,27H,3-16,20,22H2,1-2H3,(H,26,28). The minimum Gasteiger partial charge on any atom is -0.497 e. The Morgan fingerprint density at radius 3 is 1.93 bits per heavy atom. The van der Waals surface area contributed by atoms with Gasteiger partial charge in [0, 0.05) is 18.3 Å². The predicted molar refractivity (Wildman–Crippen MR) is 125 cm³/mol. The molecule has 0 saturated heterocycles. The van der Waals surface area contributed by atoms with Gasteiger partial charge in [-0.3, -0.25) is 4.79 Å². The number of nitrogens with one attached hydrogen (secondary N) is 2. The number of amides is 1. The summed E-state index contributed by atoms with van der Waals surface area (Å²) in [6, 6.07) is 7.62. The Balaban J connectivity index is 1.84. The van der Waals surface area contributed by atoms with E-state index in [1.807, 2.05) is 24.3 Å². The number of ether oxygens (including phenoxy) is 1. The van der Waals surface area contributed by atoms with Crippen LogP contribution in [0.15, 0.2) is 24.3 Å². The van der Waals surface area contributed by atoms with Gasteiger partial charge < -0.3 is 15.4 Å². The van der Waals surface area contributed by atoms with Crippen molar-refractivity contribution in [3.63, 3.8) is 0 Å². The fraction of sp³-hybridized carbons (Fsp3) is 0.720. The maximum Gasteiger partial charge on any atom is 0.239 e. The van der Waals surface area contributed by atoms with Gasteiger partial charge >= 0.3 is 0 Å². The normalized spacial score (nSPS) is 10.7. The van der Waals surface area contributed by atoms with E-state index in [1.54, 1.807) is 7.11 Å². The fourth-order valence-corrected chi connectivity index (χ4v) is 3.53. The molecule has 0 aliphatic carbocycles. The van der Waals surface area contributed by atoms with E-state index in [0.29, 0.717) is 6.54 Å². The molecule has 4 heteroatoms. The SMILES string of the molecule is CCCCCCCCCCCCCCCCNC(=O)CNc1cccc(OC)c1. The summed E-state index contributed by atoms with van der Waals surface area (Å²) in [5.74, 6) is 0.834. The maximum absolute atomic E-state index is 11.9. The Morgan fingerprint density at radius 1 is 0.828 bits per heavy atom. The molecule has 0 aliphatic rings. The minimum atomic E-state index is 0.0440. The third-order valence-electron chi connectivity index (χ3n) is 5.38. The van der Waals surface area contributed by atoms with Gasteiger partial charge in [0.2, 0.25) is 5.91 Å². The third kappa shape index (κ3) is 14.9. The first-order valence-corrected chi connectivity index (χ1v) is 11.9. The molecule has 0 aliphatic heterocycles. The molecule has 0 unspecified atom stereocenters. The Kier molecular flexibility index (Phi) is 16.0. The highest BCUT2D eigenvalue weighted by molar-refractivity contribution is 5.80. The molecule has 0 saturated carbocycles. The van der Waals surface area contributed by atoms with E-state index >= 15 is 0 Å². The number of carbonyl (C=O) groups is 1. The van der Waals surface area contributed by atoms with Crippen molar-refractivity contribution in [2.75, 3.05) is 25.5 Å². The first-order valence-electron chi connectivity index (χ1n) is 11.9. The zero-order valence-electron chi connectivity index (χ0n) is 18.9. The van der Waals surface area contributed by atoms with Crippen LogP contribution in [0.4, 0.5) is 5.69 Å². The van der Waals surface area contributed by atoms with Gasteiger partial charge in [0.1, 0.15) is 5.75 Å². The number of methoxy groups -OCH3 is 1. The van der Waals surface area contributed by atoms with Gasteiger partial charge in [0.15, 0.2) is 0 Å². The molecular weight excluding hydrogens is 360 g/mol. The van der Waals surface area contributed by atoms with Gasteiger partial charge in [-0.2, -0.15) is 0 Å². The number of carbonyl (C=O) groups excluding carboxylic acids is 1. The summed E-state index contributed by atoms with van der Waals surface area (Å²) in [6.07, 6.45) is 19.0. The Hall–Kier alpha value is -1.71. The first-order chi connectivity index (χ1) is 14.3. The van der Waals surface area contributed by atoms with Gasteiger partial charge in [0.25, 0.3) is 0 Å². The fourth-order valence-electron chi connectivity index (χ4n) is 3.53. The van der Waals surface area contributed by atoms with Crippen molar-refractivity contribution in [3.05, 3.63) is 24.3 Å². The van der Waals surface area contributed by atoms with E-state index in [-0.39, 0.29) is 5.91 Å². The highest BCUT2D eigenvalue weighted by atomic mass is 16.5. The molecule has 0 atom stereocenters. The van der Waals surface area contributed by atoms with Crippen molar-refractivity contribution in [3.8, 4) is 5.75 Å². The quantitative estimate of drug-likeness (QED) is 0.252. The van der Waals surface area contributed by atoms with Gasteiger partial charge in [-0.15, -0.1) is 0 Å². The van der Waals surface area contributed by atoms with Crippen LogP contribution >= 0.6 is 0 Å². The lowest BCUT2D eigenvalue weighted by Gasteiger charge is -2.09. The Morgan fingerprint density at radius 2 is 1.38 bits per heavy atom. The molecule has 0 radical (unpaired) electrons. The number of rotatable bonds is 19. The summed E-state index contributed by atoms with van der Waals surface area (Å²) in [7, 11) is 1.64. The smallest absolute Gasteiger partial charge is 0.239 e. The van der Waals surface area contributed by atoms with Crippen LogP contribution in [-0.4, -0.2) is 26.1 Å². The van der Waals surface area contributed by atoms with Gasteiger partial charge in [-0.1, -0.05) is 96.5 Å². The minimum absolute atomic E-state index is 0.0440. The Labute approximate surface area is 179 Å². The number of hydrogen-bond donors (Lipinski definition) is 2. The molecule has 4 nitrogen and oxygen atoms in total. The zero-order valence-corrected chi connectivity index (χ0v) is 18.9. The summed E-state index contributed by atoms with van der Waals surface area (Å²) < 4.78 is 5.18. The van der Waals surface area contributed by atoms with Crippen LogP contribution in [0.25, 0.3) is 0 Å². The van der Waals surface area contributed by atoms with Crippen molar-refractivity contribution in [1.29, 1.82) is 0 Å². The highest BCUT2D eigenvalue weighted by Crippen LogP contribution is 2.16. The van der Waals surface area contributed by atoms with E-state index in [4.69, 9.17) is 4.74 Å². The second-order valence-electron chi connectivity index (χ2n) is 8.03. The van der Waals surface area contributed by atoms with Crippen molar-refractivity contribution >= 4 is 11.6 Å². The van der Waals surface area contributed by atoms with Crippen LogP contribution in [-0.2, 0) is 4.79 Å². The topological polar surface area (TPSA) is 50.4 Å². The molecule has 0 bridgehead atoms. The monoisotopic (exact) mass is 404 g/mol. The van der Waals surface area contributed by atoms with Crippen LogP contribution in [0.2, 0.25) is 0 Å². The van der Waals surface area contributed by atoms with Crippen molar-refractivity contribution in [1.82, 2.24) is 5.32 Å². The average Bonchev–Trinajstić information content (AvgIpc) is 2.75. The number of benzene rings is 1. The summed E-state index contributed by atoms with van der Waals surface area (Å²) in [5, 5.41) is 6.12. The second-order valence-corrected chi connectivity index (χ2v) is 8.03. The molecule has 1 aromatic rings. The van der Waals surface area contributed by atoms with Gasteiger partial charge in [0.05, 0.1) is 13.7 Å². The van der Waals surface area contributed by atoms with Crippen LogP contribution in [0.5, 0.6) is 5.75 Å². The number of anilines is 1. The lowest BCUT2D eigenvalue weighted by atomic mass is 10.0. The zero-order chi connectivity index (χ0) is 21.0. The van der Waals surface area contributed by atoms with Crippen LogP contribution in [0.3, 0.4) is 0 Å². The lowest BCUT2D eigenvalue weighted by Crippen LogP contribution is -2.30. The van der Waals surface area contributed by atoms with E-state index in [0.717, 1.165) is 24.4 Å². The third-order valence-corrected chi connectivity index (χ3v) is 5.38. The first kappa shape index (κ1) is 25.3. The largest absolute Gasteiger partial charge is 0.497 e. The molecule has 29 heavy (non-hydrogen) atoms. The van der Waals surface area contributed by atoms with Gasteiger partial charge in [-0.25, -0.2) is 0 Å². The Bertz CT molecular complexity index is 519. The van der Waals surface area contributed by atoms with Crippen molar-refractivity contribution < 1.29 is 9.53 Å². The molecule has 166 valence electrons. The molecule has 0 fully saturated rings. The summed E-state index contributed by atoms with van der Waals surface area (Å²) in [6.45, 7) is 3.35. The van der Waals surface area contributed by atoms with E-state index in [9.17, 15) is 4.79 Å². The number of hydrogen-bond acceptors (Lipinski definition) is 3. The van der Waals surface area contributed by atoms with Crippen LogP contribution in [0.1, 0.15) is 96.8 Å². The van der Waals surface area contributed by atoms with E-state index in [2.05, 4.69) is 17.6 Å². The van der Waals surface area contributed by atoms with Crippen LogP contribution in [0, 0.1) is 0 Å². The summed E-state index contributed by atoms with van der Waals surface area (Å²) in [4.78, 5) is 11.9. The van der Waals surface area contributed by atoms with E-state index in [1.165, 1.54) is 83.5 Å². The predicted octanol–water partition coefficient (Wildman–Crippen LogP) is 6.70. The molecule has 1 aromatic carbocycles. The average molecular weight is 405 g/mol. The van der Waals surface area contributed by atoms with Crippen molar-refractivity contribution in [2.24, 2.45) is 0 Å². The molecule has 1 rings (SSSR count). The summed E-state index contributed by atoms with van der Waals surface area (Å²) >= 11 is 0. The van der Waals surface area contributed by atoms with Crippen molar-refractivity contribution in [2.45, 2.75) is 96.8 Å². The molecule has 0 aromatic heterocycles. The van der Waals surface area contributed by atoms with Gasteiger partial charge in [-0.05, 0) is 18.6 Å². The molecule has 0 spiro atoms. The molecular formula is C25H44N2O2. The van der Waals surface area contributed by atoms with E-state index < -0.39 is 0 Å². The van der Waals surface area contributed by atoms with Crippen LogP contribution < -0.4 is 15.4 Å². The second kappa shape index (κ2) is 18.3. The highest BCUT2D eigenvalue weighted by Gasteiger charge is 2.01. The molecule has 0 heterocycles. The molecule has 2 N–H and O–H groups in total. The number of unbranched alkanes of at least 4 members (excludes halogenated alkanes) is 13.